The number of esters is 1. The highest BCUT2D eigenvalue weighted by Gasteiger charge is 2.12. The summed E-state index contributed by atoms with van der Waals surface area (Å²) in [6.07, 6.45) is 0. The van der Waals surface area contributed by atoms with Crippen molar-refractivity contribution in [3.63, 3.8) is 0 Å². The van der Waals surface area contributed by atoms with E-state index in [4.69, 9.17) is 14.2 Å². The smallest absolute Gasteiger partial charge is 0.338 e. The van der Waals surface area contributed by atoms with Crippen LogP contribution < -0.4 is 9.47 Å². The van der Waals surface area contributed by atoms with Crippen molar-refractivity contribution in [3.05, 3.63) is 58.1 Å². The normalized spacial score (nSPS) is 10.0. The van der Waals surface area contributed by atoms with E-state index in [2.05, 4.69) is 15.9 Å². The van der Waals surface area contributed by atoms with Crippen molar-refractivity contribution < 1.29 is 19.0 Å². The minimum Gasteiger partial charge on any atom is -0.493 e. The van der Waals surface area contributed by atoms with Crippen LogP contribution in [0.1, 0.15) is 15.9 Å². The molecule has 0 aromatic heterocycles. The Bertz CT molecular complexity index is 640. The van der Waals surface area contributed by atoms with Crippen LogP contribution in [0.25, 0.3) is 0 Å². The third kappa shape index (κ3) is 3.98. The first-order valence-electron chi connectivity index (χ1n) is 6.27. The molecule has 110 valence electrons. The molecule has 2 rings (SSSR count). The van der Waals surface area contributed by atoms with Gasteiger partial charge in [0.05, 0.1) is 19.8 Å². The van der Waals surface area contributed by atoms with Crippen molar-refractivity contribution in [3.8, 4) is 11.5 Å². The number of hydrogen-bond acceptors (Lipinski definition) is 4. The Hall–Kier alpha value is -2.01. The Morgan fingerprint density at radius 1 is 1.05 bits per heavy atom. The van der Waals surface area contributed by atoms with Crippen molar-refractivity contribution in [2.45, 2.75) is 6.61 Å². The second-order valence-corrected chi connectivity index (χ2v) is 5.19. The molecule has 0 bridgehead atoms. The summed E-state index contributed by atoms with van der Waals surface area (Å²) >= 11 is 3.38. The maximum Gasteiger partial charge on any atom is 0.338 e. The minimum atomic E-state index is -0.407. The summed E-state index contributed by atoms with van der Waals surface area (Å²) in [6, 6.07) is 12.5. The number of methoxy groups -OCH3 is 2. The predicted octanol–water partition coefficient (Wildman–Crippen LogP) is 3.82. The van der Waals surface area contributed by atoms with Gasteiger partial charge in [0.25, 0.3) is 0 Å². The van der Waals surface area contributed by atoms with Crippen LogP contribution in [0.15, 0.2) is 46.9 Å². The molecule has 0 fully saturated rings. The Morgan fingerprint density at radius 2 is 1.81 bits per heavy atom. The monoisotopic (exact) mass is 350 g/mol. The number of halogens is 1. The van der Waals surface area contributed by atoms with Crippen LogP contribution in [0.5, 0.6) is 11.5 Å². The van der Waals surface area contributed by atoms with Crippen molar-refractivity contribution >= 4 is 21.9 Å². The molecule has 0 atom stereocenters. The highest BCUT2D eigenvalue weighted by molar-refractivity contribution is 9.10. The van der Waals surface area contributed by atoms with Gasteiger partial charge < -0.3 is 14.2 Å². The van der Waals surface area contributed by atoms with Crippen LogP contribution in [0, 0.1) is 0 Å². The highest BCUT2D eigenvalue weighted by atomic mass is 79.9. The molecule has 0 N–H and O–H groups in total. The molecule has 0 saturated heterocycles. The second-order valence-electron chi connectivity index (χ2n) is 4.28. The molecule has 0 radical (unpaired) electrons. The zero-order valence-electron chi connectivity index (χ0n) is 11.8. The summed E-state index contributed by atoms with van der Waals surface area (Å²) in [6.45, 7) is 0.215. The van der Waals surface area contributed by atoms with Gasteiger partial charge in [-0.05, 0) is 35.9 Å². The van der Waals surface area contributed by atoms with Gasteiger partial charge in [0.2, 0.25) is 0 Å². The summed E-state index contributed by atoms with van der Waals surface area (Å²) in [5, 5.41) is 0. The summed E-state index contributed by atoms with van der Waals surface area (Å²) in [5.41, 5.74) is 1.33. The topological polar surface area (TPSA) is 44.8 Å². The van der Waals surface area contributed by atoms with Crippen LogP contribution >= 0.6 is 15.9 Å². The highest BCUT2D eigenvalue weighted by Crippen LogP contribution is 2.27. The fourth-order valence-corrected chi connectivity index (χ4v) is 2.27. The Labute approximate surface area is 131 Å². The molecular formula is C16H15BrO4. The van der Waals surface area contributed by atoms with Crippen LogP contribution in [0.3, 0.4) is 0 Å². The first-order valence-corrected chi connectivity index (χ1v) is 7.07. The lowest BCUT2D eigenvalue weighted by atomic mass is 10.2. The molecule has 0 aliphatic carbocycles. The number of benzene rings is 2. The van der Waals surface area contributed by atoms with Crippen molar-refractivity contribution in [2.75, 3.05) is 14.2 Å². The summed E-state index contributed by atoms with van der Waals surface area (Å²) < 4.78 is 16.5. The van der Waals surface area contributed by atoms with Gasteiger partial charge >= 0.3 is 5.97 Å². The molecule has 2 aromatic rings. The number of carbonyl (C=O) groups excluding carboxylic acids is 1. The molecular weight excluding hydrogens is 336 g/mol. The van der Waals surface area contributed by atoms with E-state index in [-0.39, 0.29) is 6.61 Å². The predicted molar refractivity (Wildman–Crippen MR) is 82.8 cm³/mol. The van der Waals surface area contributed by atoms with E-state index in [0.717, 1.165) is 10.0 Å². The van der Waals surface area contributed by atoms with E-state index in [0.29, 0.717) is 17.1 Å². The van der Waals surface area contributed by atoms with Gasteiger partial charge in [0, 0.05) is 4.47 Å². The quantitative estimate of drug-likeness (QED) is 0.769. The Kier molecular flexibility index (Phi) is 5.22. The molecule has 5 heteroatoms. The molecule has 0 amide bonds. The summed E-state index contributed by atoms with van der Waals surface area (Å²) in [7, 11) is 3.07. The average Bonchev–Trinajstić information content (AvgIpc) is 2.52. The fraction of sp³-hybridized carbons (Fsp3) is 0.188. The van der Waals surface area contributed by atoms with Crippen LogP contribution in [0.4, 0.5) is 0 Å². The lowest BCUT2D eigenvalue weighted by Crippen LogP contribution is -2.06. The zero-order chi connectivity index (χ0) is 15.2. The van der Waals surface area contributed by atoms with E-state index in [1.807, 2.05) is 24.3 Å². The van der Waals surface area contributed by atoms with Gasteiger partial charge in [-0.2, -0.15) is 0 Å². The van der Waals surface area contributed by atoms with Crippen molar-refractivity contribution in [1.29, 1.82) is 0 Å². The molecule has 21 heavy (non-hydrogen) atoms. The third-order valence-electron chi connectivity index (χ3n) is 2.88. The van der Waals surface area contributed by atoms with Crippen LogP contribution in [-0.2, 0) is 11.3 Å². The number of hydrogen-bond donors (Lipinski definition) is 0. The largest absolute Gasteiger partial charge is 0.493 e. The lowest BCUT2D eigenvalue weighted by molar-refractivity contribution is 0.0472. The molecule has 0 aliphatic rings. The lowest BCUT2D eigenvalue weighted by Gasteiger charge is -2.09. The first-order chi connectivity index (χ1) is 10.1. The third-order valence-corrected chi connectivity index (χ3v) is 3.37. The molecule has 2 aromatic carbocycles. The standard InChI is InChI=1S/C16H15BrO4/c1-19-14-7-6-12(9-15(14)20-2)16(18)21-10-11-4-3-5-13(17)8-11/h3-9H,10H2,1-2H3. The Morgan fingerprint density at radius 3 is 2.48 bits per heavy atom. The molecule has 0 saturated carbocycles. The number of ether oxygens (including phenoxy) is 3. The van der Waals surface area contributed by atoms with Crippen LogP contribution in [0.2, 0.25) is 0 Å². The van der Waals surface area contributed by atoms with Gasteiger partial charge in [0.1, 0.15) is 6.61 Å². The fourth-order valence-electron chi connectivity index (χ4n) is 1.82. The molecule has 0 unspecified atom stereocenters. The van der Waals surface area contributed by atoms with Gasteiger partial charge in [-0.25, -0.2) is 4.79 Å². The first kappa shape index (κ1) is 15.4. The van der Waals surface area contributed by atoms with Crippen molar-refractivity contribution in [2.24, 2.45) is 0 Å². The van der Waals surface area contributed by atoms with E-state index in [1.165, 1.54) is 7.11 Å². The second kappa shape index (κ2) is 7.13. The maximum atomic E-state index is 12.0. The minimum absolute atomic E-state index is 0.215. The van der Waals surface area contributed by atoms with Crippen LogP contribution in [-0.4, -0.2) is 20.2 Å². The summed E-state index contributed by atoms with van der Waals surface area (Å²) in [4.78, 5) is 12.0. The van der Waals surface area contributed by atoms with E-state index in [1.54, 1.807) is 25.3 Å². The number of carbonyl (C=O) groups is 1. The zero-order valence-corrected chi connectivity index (χ0v) is 13.3. The molecule has 0 aliphatic heterocycles. The molecule has 4 nitrogen and oxygen atoms in total. The van der Waals surface area contributed by atoms with E-state index in [9.17, 15) is 4.79 Å². The van der Waals surface area contributed by atoms with E-state index < -0.39 is 5.97 Å². The van der Waals surface area contributed by atoms with Crippen molar-refractivity contribution in [1.82, 2.24) is 0 Å². The average molecular weight is 351 g/mol. The number of rotatable bonds is 5. The Balaban J connectivity index is 2.06. The molecule has 0 heterocycles. The van der Waals surface area contributed by atoms with Gasteiger partial charge in [-0.3, -0.25) is 0 Å². The molecule has 0 spiro atoms. The SMILES string of the molecule is COc1ccc(C(=O)OCc2cccc(Br)c2)cc1OC. The van der Waals surface area contributed by atoms with Gasteiger partial charge in [0.15, 0.2) is 11.5 Å². The summed E-state index contributed by atoms with van der Waals surface area (Å²) in [5.74, 6) is 0.659. The maximum absolute atomic E-state index is 12.0. The van der Waals surface area contributed by atoms with Gasteiger partial charge in [-0.1, -0.05) is 28.1 Å². The van der Waals surface area contributed by atoms with E-state index >= 15 is 0 Å². The van der Waals surface area contributed by atoms with Gasteiger partial charge in [-0.15, -0.1) is 0 Å².